The molecule has 4 aromatic rings. The maximum absolute atomic E-state index is 12.2. The van der Waals surface area contributed by atoms with E-state index in [0.717, 1.165) is 5.56 Å². The summed E-state index contributed by atoms with van der Waals surface area (Å²) in [7, 11) is 1.27. The lowest BCUT2D eigenvalue weighted by Gasteiger charge is -2.18. The van der Waals surface area contributed by atoms with Crippen LogP contribution in [0.15, 0.2) is 53.1 Å². The van der Waals surface area contributed by atoms with Crippen molar-refractivity contribution >= 4 is 22.8 Å². The van der Waals surface area contributed by atoms with E-state index < -0.39 is 5.97 Å². The number of nitrogens with zero attached hydrogens (tertiary/aromatic N) is 3. The molecule has 0 radical (unpaired) electrons. The highest BCUT2D eigenvalue weighted by Crippen LogP contribution is 2.30. The van der Waals surface area contributed by atoms with Crippen molar-refractivity contribution in [3.05, 3.63) is 65.5 Å². The Morgan fingerprint density at radius 3 is 2.52 bits per heavy atom. The topological polar surface area (TPSA) is 107 Å². The van der Waals surface area contributed by atoms with Gasteiger partial charge in [0.2, 0.25) is 5.89 Å². The fourth-order valence-corrected chi connectivity index (χ4v) is 3.42. The van der Waals surface area contributed by atoms with E-state index in [1.54, 1.807) is 18.2 Å². The molecule has 156 valence electrons. The van der Waals surface area contributed by atoms with Crippen LogP contribution in [0.3, 0.4) is 0 Å². The molecule has 2 aromatic heterocycles. The molecule has 0 aliphatic carbocycles. The van der Waals surface area contributed by atoms with E-state index in [1.165, 1.54) is 23.4 Å². The first-order valence-electron chi connectivity index (χ1n) is 9.74. The molecule has 7 nitrogen and oxygen atoms in total. The molecule has 2 N–H and O–H groups in total. The lowest BCUT2D eigenvalue weighted by atomic mass is 9.87. The summed E-state index contributed by atoms with van der Waals surface area (Å²) in [5, 5.41) is 9.30. The highest BCUT2D eigenvalue weighted by Gasteiger charge is 2.22. The van der Waals surface area contributed by atoms with E-state index in [-0.39, 0.29) is 22.4 Å². The maximum Gasteiger partial charge on any atom is 0.357 e. The van der Waals surface area contributed by atoms with Gasteiger partial charge >= 0.3 is 5.97 Å². The molecule has 4 rings (SSSR count). The third kappa shape index (κ3) is 3.53. The number of anilines is 1. The lowest BCUT2D eigenvalue weighted by molar-refractivity contribution is 0.0593. The number of nitrogens with two attached hydrogens (primary N) is 1. The van der Waals surface area contributed by atoms with E-state index in [4.69, 9.17) is 14.9 Å². The number of hydrogen-bond acceptors (Lipinski definition) is 6. The van der Waals surface area contributed by atoms with E-state index in [2.05, 4.69) is 37.9 Å². The average Bonchev–Trinajstić information content (AvgIpc) is 3.33. The lowest BCUT2D eigenvalue weighted by Crippen LogP contribution is -2.11. The number of hydrogen-bond donors (Lipinski definition) is 1. The highest BCUT2D eigenvalue weighted by molar-refractivity contribution is 5.96. The third-order valence-corrected chi connectivity index (χ3v) is 5.19. The Morgan fingerprint density at radius 2 is 1.90 bits per heavy atom. The normalized spacial score (nSPS) is 11.5. The SMILES string of the molecule is COC(=O)c1c(N)c(C#N)cn1-c1ccc2nc(-c3ccc(C(C)(C)C)cc3)oc2c1. The number of nitrogen functional groups attached to an aromatic ring is 1. The Labute approximate surface area is 179 Å². The molecule has 0 saturated carbocycles. The van der Waals surface area contributed by atoms with E-state index in [0.29, 0.717) is 22.7 Å². The van der Waals surface area contributed by atoms with Crippen molar-refractivity contribution < 1.29 is 13.9 Å². The van der Waals surface area contributed by atoms with Crippen molar-refractivity contribution in [3.8, 4) is 23.2 Å². The number of fused-ring (bicyclic) bond motifs is 1. The molecule has 0 bridgehead atoms. The molecule has 0 atom stereocenters. The Bertz CT molecular complexity index is 1330. The Hall–Kier alpha value is -4.05. The monoisotopic (exact) mass is 414 g/mol. The summed E-state index contributed by atoms with van der Waals surface area (Å²) in [6, 6.07) is 15.5. The molecule has 2 aromatic carbocycles. The molecular formula is C24H22N4O3. The molecule has 0 unspecified atom stereocenters. The van der Waals surface area contributed by atoms with Gasteiger partial charge in [-0.3, -0.25) is 0 Å². The second-order valence-corrected chi connectivity index (χ2v) is 8.28. The fraction of sp³-hybridized carbons (Fsp3) is 0.208. The fourth-order valence-electron chi connectivity index (χ4n) is 3.42. The minimum absolute atomic E-state index is 0.0625. The number of rotatable bonds is 3. The van der Waals surface area contributed by atoms with Crippen LogP contribution in [-0.4, -0.2) is 22.6 Å². The van der Waals surface area contributed by atoms with Crippen molar-refractivity contribution in [1.29, 1.82) is 5.26 Å². The van der Waals surface area contributed by atoms with Crippen LogP contribution in [0.4, 0.5) is 5.69 Å². The molecule has 2 heterocycles. The molecule has 0 aliphatic rings. The standard InChI is InChI=1S/C24H22N4O3/c1-24(2,3)16-7-5-14(6-8-16)22-27-18-10-9-17(11-19(18)31-22)28-13-15(12-25)20(26)21(28)23(29)30-4/h5-11,13H,26H2,1-4H3. The number of benzene rings is 2. The maximum atomic E-state index is 12.2. The van der Waals surface area contributed by atoms with E-state index >= 15 is 0 Å². The molecule has 0 fully saturated rings. The number of aromatic nitrogens is 2. The minimum Gasteiger partial charge on any atom is -0.464 e. The summed E-state index contributed by atoms with van der Waals surface area (Å²) in [5.41, 5.74) is 10.3. The second kappa shape index (κ2) is 7.33. The summed E-state index contributed by atoms with van der Waals surface area (Å²) >= 11 is 0. The largest absolute Gasteiger partial charge is 0.464 e. The zero-order valence-corrected chi connectivity index (χ0v) is 17.8. The number of oxazole rings is 1. The summed E-state index contributed by atoms with van der Waals surface area (Å²) in [6.45, 7) is 6.49. The molecule has 0 saturated heterocycles. The van der Waals surface area contributed by atoms with Crippen molar-refractivity contribution in [2.75, 3.05) is 12.8 Å². The highest BCUT2D eigenvalue weighted by atomic mass is 16.5. The number of methoxy groups -OCH3 is 1. The van der Waals surface area contributed by atoms with Gasteiger partial charge in [-0.2, -0.15) is 5.26 Å². The summed E-state index contributed by atoms with van der Waals surface area (Å²) in [4.78, 5) is 16.8. The van der Waals surface area contributed by atoms with Crippen LogP contribution in [0.5, 0.6) is 0 Å². The van der Waals surface area contributed by atoms with Crippen LogP contribution < -0.4 is 5.73 Å². The molecule has 0 amide bonds. The molecule has 0 spiro atoms. The molecule has 7 heteroatoms. The van der Waals surface area contributed by atoms with Gasteiger partial charge in [0, 0.05) is 23.5 Å². The van der Waals surface area contributed by atoms with Gasteiger partial charge < -0.3 is 19.5 Å². The summed E-state index contributed by atoms with van der Waals surface area (Å²) in [5.74, 6) is -0.123. The Balaban J connectivity index is 1.77. The number of nitriles is 1. The predicted octanol–water partition coefficient (Wildman–Crippen LogP) is 4.82. The first-order valence-corrected chi connectivity index (χ1v) is 9.74. The van der Waals surface area contributed by atoms with Crippen molar-refractivity contribution in [3.63, 3.8) is 0 Å². The zero-order valence-electron chi connectivity index (χ0n) is 17.8. The summed E-state index contributed by atoms with van der Waals surface area (Å²) in [6.07, 6.45) is 1.51. The van der Waals surface area contributed by atoms with Gasteiger partial charge in [0.25, 0.3) is 0 Å². The van der Waals surface area contributed by atoms with Gasteiger partial charge in [0.1, 0.15) is 11.6 Å². The van der Waals surface area contributed by atoms with Crippen molar-refractivity contribution in [1.82, 2.24) is 9.55 Å². The van der Waals surface area contributed by atoms with E-state index in [1.807, 2.05) is 18.2 Å². The Morgan fingerprint density at radius 1 is 1.19 bits per heavy atom. The average molecular weight is 414 g/mol. The van der Waals surface area contributed by atoms with Gasteiger partial charge in [-0.25, -0.2) is 9.78 Å². The van der Waals surface area contributed by atoms with Gasteiger partial charge in [0.05, 0.1) is 18.4 Å². The first kappa shape index (κ1) is 20.2. The van der Waals surface area contributed by atoms with Crippen LogP contribution >= 0.6 is 0 Å². The molecule has 0 aliphatic heterocycles. The van der Waals surface area contributed by atoms with Crippen LogP contribution in [0, 0.1) is 11.3 Å². The molecule has 31 heavy (non-hydrogen) atoms. The number of carbonyl (C=O) groups excluding carboxylic acids is 1. The van der Waals surface area contributed by atoms with Crippen LogP contribution in [0.2, 0.25) is 0 Å². The van der Waals surface area contributed by atoms with Gasteiger partial charge in [0.15, 0.2) is 11.3 Å². The predicted molar refractivity (Wildman–Crippen MR) is 118 cm³/mol. The number of carbonyl (C=O) groups is 1. The van der Waals surface area contributed by atoms with Crippen LogP contribution in [0.1, 0.15) is 42.4 Å². The van der Waals surface area contributed by atoms with Crippen molar-refractivity contribution in [2.24, 2.45) is 0 Å². The first-order chi connectivity index (χ1) is 14.7. The summed E-state index contributed by atoms with van der Waals surface area (Å²) < 4.78 is 12.4. The number of ether oxygens (including phenoxy) is 1. The van der Waals surface area contributed by atoms with Gasteiger partial charge in [-0.05, 0) is 35.2 Å². The van der Waals surface area contributed by atoms with E-state index in [9.17, 15) is 10.1 Å². The zero-order chi connectivity index (χ0) is 22.3. The quantitative estimate of drug-likeness (QED) is 0.482. The second-order valence-electron chi connectivity index (χ2n) is 8.28. The van der Waals surface area contributed by atoms with Gasteiger partial charge in [-0.15, -0.1) is 0 Å². The molecular weight excluding hydrogens is 392 g/mol. The smallest absolute Gasteiger partial charge is 0.357 e. The van der Waals surface area contributed by atoms with Gasteiger partial charge in [-0.1, -0.05) is 32.9 Å². The van der Waals surface area contributed by atoms with Crippen LogP contribution in [0.25, 0.3) is 28.2 Å². The minimum atomic E-state index is -0.628. The Kier molecular flexibility index (Phi) is 4.78. The van der Waals surface area contributed by atoms with Crippen LogP contribution in [-0.2, 0) is 10.2 Å². The number of esters is 1. The third-order valence-electron chi connectivity index (χ3n) is 5.19. The van der Waals surface area contributed by atoms with Crippen molar-refractivity contribution in [2.45, 2.75) is 26.2 Å².